The summed E-state index contributed by atoms with van der Waals surface area (Å²) in [7, 11) is 7.54. The van der Waals surface area contributed by atoms with Gasteiger partial charge in [0.15, 0.2) is 0 Å². The van der Waals surface area contributed by atoms with Crippen molar-refractivity contribution in [2.45, 2.75) is 6.54 Å². The Morgan fingerprint density at radius 2 is 1.36 bits per heavy atom. The number of rotatable bonds is 3. The van der Waals surface area contributed by atoms with Gasteiger partial charge in [0.1, 0.15) is 5.82 Å². The zero-order chi connectivity index (χ0) is 10.7. The third-order valence-electron chi connectivity index (χ3n) is 1.64. The van der Waals surface area contributed by atoms with Crippen LogP contribution in [0, 0.1) is 0 Å². The smallest absolute Gasteiger partial charge is 0.229 e. The Balaban J connectivity index is 3.13. The number of anilines is 2. The van der Waals surface area contributed by atoms with Gasteiger partial charge >= 0.3 is 0 Å². The predicted octanol–water partition coefficient (Wildman–Crippen LogP) is -0.538. The van der Waals surface area contributed by atoms with E-state index in [4.69, 9.17) is 5.73 Å². The van der Waals surface area contributed by atoms with Crippen LogP contribution >= 0.6 is 0 Å². The summed E-state index contributed by atoms with van der Waals surface area (Å²) in [6, 6.07) is 0. The molecule has 0 aliphatic rings. The molecule has 1 aromatic heterocycles. The third kappa shape index (κ3) is 2.29. The molecule has 0 aliphatic carbocycles. The van der Waals surface area contributed by atoms with Gasteiger partial charge in [-0.25, -0.2) is 0 Å². The molecule has 0 amide bonds. The molecule has 1 rings (SSSR count). The summed E-state index contributed by atoms with van der Waals surface area (Å²) in [6.45, 7) is 0.324. The molecule has 0 spiro atoms. The van der Waals surface area contributed by atoms with Crippen molar-refractivity contribution in [2.24, 2.45) is 5.73 Å². The van der Waals surface area contributed by atoms with E-state index >= 15 is 0 Å². The van der Waals surface area contributed by atoms with Crippen LogP contribution in [-0.4, -0.2) is 43.1 Å². The van der Waals surface area contributed by atoms with Crippen LogP contribution in [0.3, 0.4) is 0 Å². The topological polar surface area (TPSA) is 71.2 Å². The SMILES string of the molecule is CN(C)c1nc(CN)nc(N(C)C)n1. The van der Waals surface area contributed by atoms with E-state index in [1.54, 1.807) is 0 Å². The largest absolute Gasteiger partial charge is 0.347 e. The molecule has 0 aliphatic heterocycles. The number of hydrogen-bond acceptors (Lipinski definition) is 6. The molecular formula is C8H16N6. The first-order valence-electron chi connectivity index (χ1n) is 4.34. The minimum absolute atomic E-state index is 0.324. The third-order valence-corrected chi connectivity index (χ3v) is 1.64. The summed E-state index contributed by atoms with van der Waals surface area (Å²) in [6.07, 6.45) is 0. The molecule has 1 aromatic rings. The van der Waals surface area contributed by atoms with Gasteiger partial charge in [-0.05, 0) is 0 Å². The fourth-order valence-electron chi connectivity index (χ4n) is 0.887. The van der Waals surface area contributed by atoms with Gasteiger partial charge in [0, 0.05) is 28.2 Å². The summed E-state index contributed by atoms with van der Waals surface area (Å²) in [4.78, 5) is 16.3. The molecule has 78 valence electrons. The van der Waals surface area contributed by atoms with E-state index in [0.29, 0.717) is 24.3 Å². The Labute approximate surface area is 83.8 Å². The van der Waals surface area contributed by atoms with Crippen molar-refractivity contribution in [1.82, 2.24) is 15.0 Å². The first kappa shape index (κ1) is 10.6. The second kappa shape index (κ2) is 4.19. The Bertz CT molecular complexity index is 282. The van der Waals surface area contributed by atoms with Gasteiger partial charge in [0.25, 0.3) is 0 Å². The lowest BCUT2D eigenvalue weighted by atomic mass is 10.6. The standard InChI is InChI=1S/C8H16N6/c1-13(2)7-10-6(5-9)11-8(12-7)14(3)4/h5,9H2,1-4H3. The molecule has 0 bridgehead atoms. The van der Waals surface area contributed by atoms with Crippen molar-refractivity contribution in [3.8, 4) is 0 Å². The number of aromatic nitrogens is 3. The van der Waals surface area contributed by atoms with E-state index in [0.717, 1.165) is 0 Å². The molecule has 0 radical (unpaired) electrons. The first-order valence-corrected chi connectivity index (χ1v) is 4.34. The predicted molar refractivity (Wildman–Crippen MR) is 56.4 cm³/mol. The van der Waals surface area contributed by atoms with Crippen molar-refractivity contribution in [3.05, 3.63) is 5.82 Å². The highest BCUT2D eigenvalue weighted by atomic mass is 15.3. The van der Waals surface area contributed by atoms with Crippen molar-refractivity contribution < 1.29 is 0 Å². The lowest BCUT2D eigenvalue weighted by Crippen LogP contribution is -2.20. The molecule has 6 heteroatoms. The first-order chi connectivity index (χ1) is 6.54. The molecule has 0 saturated carbocycles. The minimum atomic E-state index is 0.324. The quantitative estimate of drug-likeness (QED) is 0.700. The van der Waals surface area contributed by atoms with Crippen LogP contribution in [0.5, 0.6) is 0 Å². The van der Waals surface area contributed by atoms with Crippen molar-refractivity contribution in [3.63, 3.8) is 0 Å². The minimum Gasteiger partial charge on any atom is -0.347 e. The van der Waals surface area contributed by atoms with Crippen molar-refractivity contribution in [2.75, 3.05) is 38.0 Å². The lowest BCUT2D eigenvalue weighted by molar-refractivity contribution is 0.833. The van der Waals surface area contributed by atoms with Crippen LogP contribution in [0.1, 0.15) is 5.82 Å². The van der Waals surface area contributed by atoms with Crippen LogP contribution in [0.4, 0.5) is 11.9 Å². The molecule has 14 heavy (non-hydrogen) atoms. The van der Waals surface area contributed by atoms with E-state index < -0.39 is 0 Å². The molecule has 0 aromatic carbocycles. The van der Waals surface area contributed by atoms with Crippen LogP contribution in [0.2, 0.25) is 0 Å². The number of nitrogens with two attached hydrogens (primary N) is 1. The highest BCUT2D eigenvalue weighted by Crippen LogP contribution is 2.09. The Morgan fingerprint density at radius 1 is 0.929 bits per heavy atom. The summed E-state index contributed by atoms with van der Waals surface area (Å²) in [5.41, 5.74) is 5.50. The molecule has 6 nitrogen and oxygen atoms in total. The lowest BCUT2D eigenvalue weighted by Gasteiger charge is -2.15. The van der Waals surface area contributed by atoms with E-state index in [1.807, 2.05) is 38.0 Å². The fourth-order valence-corrected chi connectivity index (χ4v) is 0.887. The average molecular weight is 196 g/mol. The van der Waals surface area contributed by atoms with Gasteiger partial charge in [-0.2, -0.15) is 15.0 Å². The highest BCUT2D eigenvalue weighted by molar-refractivity contribution is 5.36. The molecule has 0 saturated heterocycles. The Kier molecular flexibility index (Phi) is 3.19. The normalized spacial score (nSPS) is 10.1. The summed E-state index contributed by atoms with van der Waals surface area (Å²) >= 11 is 0. The zero-order valence-electron chi connectivity index (χ0n) is 9.02. The van der Waals surface area contributed by atoms with E-state index in [9.17, 15) is 0 Å². The highest BCUT2D eigenvalue weighted by Gasteiger charge is 2.07. The molecular weight excluding hydrogens is 180 g/mol. The van der Waals surface area contributed by atoms with Gasteiger partial charge < -0.3 is 15.5 Å². The average Bonchev–Trinajstić information content (AvgIpc) is 2.16. The fraction of sp³-hybridized carbons (Fsp3) is 0.625. The van der Waals surface area contributed by atoms with Gasteiger partial charge in [0.2, 0.25) is 11.9 Å². The van der Waals surface area contributed by atoms with Gasteiger partial charge in [-0.3, -0.25) is 0 Å². The Hall–Kier alpha value is -1.43. The summed E-state index contributed by atoms with van der Waals surface area (Å²) in [5.74, 6) is 1.86. The summed E-state index contributed by atoms with van der Waals surface area (Å²) < 4.78 is 0. The van der Waals surface area contributed by atoms with Crippen molar-refractivity contribution >= 4 is 11.9 Å². The molecule has 0 unspecified atom stereocenters. The van der Waals surface area contributed by atoms with Gasteiger partial charge in [0.05, 0.1) is 6.54 Å². The van der Waals surface area contributed by atoms with Crippen LogP contribution < -0.4 is 15.5 Å². The van der Waals surface area contributed by atoms with Crippen LogP contribution in [0.25, 0.3) is 0 Å². The number of nitrogens with zero attached hydrogens (tertiary/aromatic N) is 5. The molecule has 2 N–H and O–H groups in total. The monoisotopic (exact) mass is 196 g/mol. The molecule has 0 fully saturated rings. The van der Waals surface area contributed by atoms with Crippen molar-refractivity contribution in [1.29, 1.82) is 0 Å². The van der Waals surface area contributed by atoms with Gasteiger partial charge in [-0.15, -0.1) is 0 Å². The zero-order valence-corrected chi connectivity index (χ0v) is 9.02. The maximum Gasteiger partial charge on any atom is 0.229 e. The summed E-state index contributed by atoms with van der Waals surface area (Å²) in [5, 5.41) is 0. The number of hydrogen-bond donors (Lipinski definition) is 1. The second-order valence-corrected chi connectivity index (χ2v) is 3.34. The maximum atomic E-state index is 5.50. The Morgan fingerprint density at radius 3 is 1.64 bits per heavy atom. The second-order valence-electron chi connectivity index (χ2n) is 3.34. The van der Waals surface area contributed by atoms with E-state index in [-0.39, 0.29) is 0 Å². The van der Waals surface area contributed by atoms with E-state index in [2.05, 4.69) is 15.0 Å². The van der Waals surface area contributed by atoms with E-state index in [1.165, 1.54) is 0 Å². The molecule has 0 atom stereocenters. The van der Waals surface area contributed by atoms with Crippen LogP contribution in [0.15, 0.2) is 0 Å². The van der Waals surface area contributed by atoms with Gasteiger partial charge in [-0.1, -0.05) is 0 Å². The maximum absolute atomic E-state index is 5.50. The van der Waals surface area contributed by atoms with Crippen LogP contribution in [-0.2, 0) is 6.54 Å². The molecule has 1 heterocycles.